The maximum atomic E-state index is 10.1. The second-order valence-electron chi connectivity index (χ2n) is 5.67. The Morgan fingerprint density at radius 2 is 2.12 bits per heavy atom. The van der Waals surface area contributed by atoms with E-state index in [0.717, 1.165) is 0 Å². The summed E-state index contributed by atoms with van der Waals surface area (Å²) in [6, 6.07) is 0. The van der Waals surface area contributed by atoms with Crippen LogP contribution in [0.1, 0.15) is 20.1 Å². The van der Waals surface area contributed by atoms with Crippen LogP contribution in [0.3, 0.4) is 0 Å². The van der Waals surface area contributed by atoms with Crippen LogP contribution in [0.25, 0.3) is 11.0 Å². The standard InChI is InChI=1S/C13H18ClN5O5/c1-5(2)24-18-10-6-3-15-19(11(6)17-13(14)16-10)12-9(22)8(21)7(4-20)23-12/h3,5,7-9,12,20-22H,4H2,1-2H3,(H,16,17,18)/t7-,8-,9-,12-/m1/s1. The summed E-state index contributed by atoms with van der Waals surface area (Å²) in [7, 11) is 0. The van der Waals surface area contributed by atoms with Gasteiger partial charge in [-0.1, -0.05) is 0 Å². The average Bonchev–Trinajstić information content (AvgIpc) is 3.07. The van der Waals surface area contributed by atoms with Crippen LogP contribution in [0.2, 0.25) is 5.28 Å². The van der Waals surface area contributed by atoms with E-state index in [9.17, 15) is 15.3 Å². The van der Waals surface area contributed by atoms with Crippen LogP contribution in [0, 0.1) is 0 Å². The van der Waals surface area contributed by atoms with Gasteiger partial charge in [-0.15, -0.1) is 0 Å². The number of anilines is 1. The van der Waals surface area contributed by atoms with Gasteiger partial charge >= 0.3 is 0 Å². The lowest BCUT2D eigenvalue weighted by atomic mass is 10.1. The van der Waals surface area contributed by atoms with Gasteiger partial charge in [0.15, 0.2) is 17.7 Å². The summed E-state index contributed by atoms with van der Waals surface area (Å²) in [5, 5.41) is 33.8. The van der Waals surface area contributed by atoms with Gasteiger partial charge in [-0.25, -0.2) is 10.2 Å². The van der Waals surface area contributed by atoms with Crippen molar-refractivity contribution in [3.8, 4) is 0 Å². The quantitative estimate of drug-likeness (QED) is 0.424. The first-order valence-electron chi connectivity index (χ1n) is 7.37. The molecule has 4 atom stereocenters. The van der Waals surface area contributed by atoms with Crippen molar-refractivity contribution in [2.24, 2.45) is 0 Å². The molecule has 1 fully saturated rings. The molecule has 0 unspecified atom stereocenters. The van der Waals surface area contributed by atoms with E-state index >= 15 is 0 Å². The molecule has 132 valence electrons. The molecule has 4 N–H and O–H groups in total. The second kappa shape index (κ2) is 6.75. The van der Waals surface area contributed by atoms with Gasteiger partial charge in [-0.05, 0) is 25.4 Å². The van der Waals surface area contributed by atoms with Crippen LogP contribution in [0.15, 0.2) is 6.20 Å². The summed E-state index contributed by atoms with van der Waals surface area (Å²) in [5.74, 6) is 0.316. The third-order valence-electron chi connectivity index (χ3n) is 3.58. The molecule has 1 aliphatic heterocycles. The number of rotatable bonds is 5. The summed E-state index contributed by atoms with van der Waals surface area (Å²) in [5.41, 5.74) is 2.98. The Bertz CT molecular complexity index is 726. The number of halogens is 1. The highest BCUT2D eigenvalue weighted by Gasteiger charge is 2.44. The van der Waals surface area contributed by atoms with Crippen LogP contribution >= 0.6 is 11.6 Å². The fourth-order valence-electron chi connectivity index (χ4n) is 2.42. The molecule has 1 aliphatic rings. The molecular formula is C13H18ClN5O5. The summed E-state index contributed by atoms with van der Waals surface area (Å²) in [4.78, 5) is 13.5. The first kappa shape index (κ1) is 17.3. The maximum Gasteiger partial charge on any atom is 0.226 e. The Balaban J connectivity index is 1.98. The highest BCUT2D eigenvalue weighted by molar-refractivity contribution is 6.28. The number of fused-ring (bicyclic) bond motifs is 1. The van der Waals surface area contributed by atoms with E-state index in [1.54, 1.807) is 0 Å². The van der Waals surface area contributed by atoms with Gasteiger partial charge in [-0.3, -0.25) is 4.84 Å². The van der Waals surface area contributed by atoms with E-state index in [1.165, 1.54) is 10.9 Å². The minimum absolute atomic E-state index is 0.0501. The van der Waals surface area contributed by atoms with Crippen molar-refractivity contribution in [1.82, 2.24) is 19.7 Å². The lowest BCUT2D eigenvalue weighted by molar-refractivity contribution is -0.0566. The molecule has 0 bridgehead atoms. The molecule has 0 spiro atoms. The van der Waals surface area contributed by atoms with Gasteiger partial charge in [0.1, 0.15) is 18.3 Å². The predicted octanol–water partition coefficient (Wildman–Crippen LogP) is -0.157. The SMILES string of the molecule is CC(C)ONc1nc(Cl)nc2c1cnn2[C@@H]1O[C@H](CO)[C@@H](O)[C@H]1O. The highest BCUT2D eigenvalue weighted by atomic mass is 35.5. The smallest absolute Gasteiger partial charge is 0.226 e. The van der Waals surface area contributed by atoms with E-state index in [2.05, 4.69) is 20.5 Å². The van der Waals surface area contributed by atoms with Crippen LogP contribution < -0.4 is 5.48 Å². The molecule has 3 heterocycles. The molecule has 0 aromatic carbocycles. The van der Waals surface area contributed by atoms with Crippen molar-refractivity contribution < 1.29 is 24.9 Å². The molecule has 11 heteroatoms. The van der Waals surface area contributed by atoms with Crippen LogP contribution in [0.5, 0.6) is 0 Å². The molecule has 2 aromatic heterocycles. The summed E-state index contributed by atoms with van der Waals surface area (Å²) in [6.07, 6.45) is -3.07. The largest absolute Gasteiger partial charge is 0.394 e. The molecule has 3 rings (SSSR count). The van der Waals surface area contributed by atoms with Gasteiger partial charge in [0, 0.05) is 0 Å². The zero-order valence-electron chi connectivity index (χ0n) is 13.0. The van der Waals surface area contributed by atoms with Gasteiger partial charge in [-0.2, -0.15) is 15.1 Å². The number of aliphatic hydroxyl groups is 3. The molecule has 0 aliphatic carbocycles. The Labute approximate surface area is 141 Å². The molecule has 0 radical (unpaired) electrons. The predicted molar refractivity (Wildman–Crippen MR) is 83.2 cm³/mol. The Kier molecular flexibility index (Phi) is 4.85. The monoisotopic (exact) mass is 359 g/mol. The van der Waals surface area contributed by atoms with Gasteiger partial charge in [0.25, 0.3) is 0 Å². The number of ether oxygens (including phenoxy) is 1. The summed E-state index contributed by atoms with van der Waals surface area (Å²) >= 11 is 5.94. The number of aliphatic hydroxyl groups excluding tert-OH is 3. The normalized spacial score (nSPS) is 27.3. The Morgan fingerprint density at radius 1 is 1.38 bits per heavy atom. The van der Waals surface area contributed by atoms with E-state index in [1.807, 2.05) is 13.8 Å². The van der Waals surface area contributed by atoms with Crippen molar-refractivity contribution in [1.29, 1.82) is 0 Å². The first-order chi connectivity index (χ1) is 11.4. The molecule has 0 saturated carbocycles. The van der Waals surface area contributed by atoms with Crippen LogP contribution in [-0.4, -0.2) is 66.1 Å². The molecule has 24 heavy (non-hydrogen) atoms. The number of nitrogens with zero attached hydrogens (tertiary/aromatic N) is 4. The van der Waals surface area contributed by atoms with E-state index < -0.39 is 31.1 Å². The van der Waals surface area contributed by atoms with Gasteiger partial charge in [0.05, 0.1) is 24.3 Å². The zero-order chi connectivity index (χ0) is 17.4. The molecule has 2 aromatic rings. The van der Waals surface area contributed by atoms with Crippen molar-refractivity contribution in [2.45, 2.75) is 44.5 Å². The molecule has 0 amide bonds. The number of nitrogens with one attached hydrogen (secondary N) is 1. The summed E-state index contributed by atoms with van der Waals surface area (Å²) in [6.45, 7) is 3.25. The summed E-state index contributed by atoms with van der Waals surface area (Å²) < 4.78 is 6.75. The van der Waals surface area contributed by atoms with Gasteiger partial charge in [0.2, 0.25) is 5.28 Å². The van der Waals surface area contributed by atoms with Crippen molar-refractivity contribution >= 4 is 28.5 Å². The third kappa shape index (κ3) is 3.04. The Morgan fingerprint density at radius 3 is 2.75 bits per heavy atom. The van der Waals surface area contributed by atoms with Crippen molar-refractivity contribution in [2.75, 3.05) is 12.1 Å². The molecule has 10 nitrogen and oxygen atoms in total. The molecular weight excluding hydrogens is 342 g/mol. The zero-order valence-corrected chi connectivity index (χ0v) is 13.8. The Hall–Kier alpha value is -1.56. The number of hydrogen-bond acceptors (Lipinski definition) is 9. The van der Waals surface area contributed by atoms with E-state index in [0.29, 0.717) is 16.9 Å². The number of aromatic nitrogens is 4. The average molecular weight is 360 g/mol. The fourth-order valence-corrected chi connectivity index (χ4v) is 2.58. The lowest BCUT2D eigenvalue weighted by Gasteiger charge is -2.16. The lowest BCUT2D eigenvalue weighted by Crippen LogP contribution is -2.33. The van der Waals surface area contributed by atoms with Crippen molar-refractivity contribution in [3.05, 3.63) is 11.5 Å². The minimum atomic E-state index is -1.28. The van der Waals surface area contributed by atoms with Gasteiger partial charge < -0.3 is 20.1 Å². The fraction of sp³-hybridized carbons (Fsp3) is 0.615. The third-order valence-corrected chi connectivity index (χ3v) is 3.75. The minimum Gasteiger partial charge on any atom is -0.394 e. The van der Waals surface area contributed by atoms with E-state index in [-0.39, 0.29) is 11.4 Å². The van der Waals surface area contributed by atoms with E-state index in [4.69, 9.17) is 21.2 Å². The number of hydrogen-bond donors (Lipinski definition) is 4. The van der Waals surface area contributed by atoms with Crippen LogP contribution in [-0.2, 0) is 9.57 Å². The topological polar surface area (TPSA) is 135 Å². The maximum absolute atomic E-state index is 10.1. The highest BCUT2D eigenvalue weighted by Crippen LogP contribution is 2.32. The van der Waals surface area contributed by atoms with Crippen molar-refractivity contribution in [3.63, 3.8) is 0 Å². The van der Waals surface area contributed by atoms with Crippen LogP contribution in [0.4, 0.5) is 5.82 Å². The second-order valence-corrected chi connectivity index (χ2v) is 6.00. The first-order valence-corrected chi connectivity index (χ1v) is 7.75. The molecule has 1 saturated heterocycles.